The summed E-state index contributed by atoms with van der Waals surface area (Å²) in [5, 5.41) is 3.10. The molecule has 0 heterocycles. The highest BCUT2D eigenvalue weighted by Crippen LogP contribution is 2.27. The minimum atomic E-state index is -0.865. The molecule has 0 atom stereocenters. The Balaban J connectivity index is 2.20. The summed E-state index contributed by atoms with van der Waals surface area (Å²) in [6.07, 6.45) is 0. The van der Waals surface area contributed by atoms with Crippen molar-refractivity contribution < 1.29 is 14.0 Å². The van der Waals surface area contributed by atoms with E-state index in [0.717, 1.165) is 0 Å². The summed E-state index contributed by atoms with van der Waals surface area (Å²) in [5.74, 6) is -0.752. The number of nitrogens with zero attached hydrogens (tertiary/aromatic N) is 1. The Kier molecular flexibility index (Phi) is 6.60. The Hall–Kier alpha value is -2.40. The summed E-state index contributed by atoms with van der Waals surface area (Å²) in [6.45, 7) is 8.51. The Morgan fingerprint density at radius 2 is 1.67 bits per heavy atom. The van der Waals surface area contributed by atoms with E-state index in [1.165, 1.54) is 12.1 Å². The second-order valence-electron chi connectivity index (χ2n) is 6.76. The summed E-state index contributed by atoms with van der Waals surface area (Å²) in [5.41, 5.74) is 0.726. The lowest BCUT2D eigenvalue weighted by Gasteiger charge is -2.24. The molecule has 144 valence electrons. The van der Waals surface area contributed by atoms with Crippen molar-refractivity contribution in [3.63, 3.8) is 0 Å². The normalized spacial score (nSPS) is 11.2. The Labute approximate surface area is 164 Å². The van der Waals surface area contributed by atoms with Gasteiger partial charge in [0.25, 0.3) is 5.91 Å². The lowest BCUT2D eigenvalue weighted by atomic mass is 9.83. The number of benzene rings is 2. The molecule has 0 aliphatic carbocycles. The molecule has 0 saturated heterocycles. The molecule has 6 heteroatoms. The molecule has 0 unspecified atom stereocenters. The zero-order valence-electron chi connectivity index (χ0n) is 16.0. The molecule has 1 N–H and O–H groups in total. The smallest absolute Gasteiger partial charge is 0.255 e. The second-order valence-corrected chi connectivity index (χ2v) is 7.17. The van der Waals surface area contributed by atoms with Crippen LogP contribution in [0.15, 0.2) is 42.5 Å². The molecule has 0 aromatic heterocycles. The Bertz CT molecular complexity index is 831. The largest absolute Gasteiger partial charge is 0.339 e. The van der Waals surface area contributed by atoms with Gasteiger partial charge in [0.1, 0.15) is 5.82 Å². The van der Waals surface area contributed by atoms with Crippen molar-refractivity contribution in [1.82, 2.24) is 4.90 Å². The van der Waals surface area contributed by atoms with E-state index in [0.29, 0.717) is 29.9 Å². The number of carbonyl (C=O) groups is 2. The highest BCUT2D eigenvalue weighted by Gasteiger charge is 2.30. The molecule has 4 nitrogen and oxygen atoms in total. The van der Waals surface area contributed by atoms with Crippen LogP contribution in [0.25, 0.3) is 0 Å². The van der Waals surface area contributed by atoms with E-state index in [1.807, 2.05) is 13.8 Å². The molecular formula is C21H24ClFN2O2. The zero-order valence-corrected chi connectivity index (χ0v) is 16.7. The van der Waals surface area contributed by atoms with E-state index in [4.69, 9.17) is 11.6 Å². The van der Waals surface area contributed by atoms with Crippen molar-refractivity contribution in [2.24, 2.45) is 0 Å². The maximum absolute atomic E-state index is 13.1. The third-order valence-electron chi connectivity index (χ3n) is 4.64. The highest BCUT2D eigenvalue weighted by atomic mass is 35.5. The van der Waals surface area contributed by atoms with Crippen LogP contribution in [0, 0.1) is 5.82 Å². The average Bonchev–Trinajstić information content (AvgIpc) is 2.63. The third-order valence-corrected chi connectivity index (χ3v) is 4.95. The Morgan fingerprint density at radius 3 is 2.19 bits per heavy atom. The molecule has 2 aromatic carbocycles. The fourth-order valence-corrected chi connectivity index (χ4v) is 2.99. The molecular weight excluding hydrogens is 367 g/mol. The number of nitrogens with one attached hydrogen (secondary N) is 1. The van der Waals surface area contributed by atoms with E-state index < -0.39 is 5.41 Å². The van der Waals surface area contributed by atoms with Crippen LogP contribution in [0.1, 0.15) is 43.6 Å². The van der Waals surface area contributed by atoms with Gasteiger partial charge in [-0.15, -0.1) is 0 Å². The Morgan fingerprint density at radius 1 is 1.07 bits per heavy atom. The van der Waals surface area contributed by atoms with Crippen molar-refractivity contribution in [2.45, 2.75) is 33.1 Å². The molecule has 0 spiro atoms. The van der Waals surface area contributed by atoms with Gasteiger partial charge in [-0.2, -0.15) is 0 Å². The van der Waals surface area contributed by atoms with Crippen LogP contribution in [0.4, 0.5) is 10.1 Å². The lowest BCUT2D eigenvalue weighted by Crippen LogP contribution is -2.34. The van der Waals surface area contributed by atoms with Crippen molar-refractivity contribution in [1.29, 1.82) is 0 Å². The van der Waals surface area contributed by atoms with Gasteiger partial charge in [-0.1, -0.05) is 23.7 Å². The van der Waals surface area contributed by atoms with Crippen LogP contribution in [-0.4, -0.2) is 29.8 Å². The van der Waals surface area contributed by atoms with Gasteiger partial charge in [-0.3, -0.25) is 9.59 Å². The van der Waals surface area contributed by atoms with Crippen molar-refractivity contribution in [2.75, 3.05) is 18.4 Å². The number of rotatable bonds is 6. The summed E-state index contributed by atoms with van der Waals surface area (Å²) in [6, 6.07) is 10.7. The third kappa shape index (κ3) is 4.66. The number of amides is 2. The maximum Gasteiger partial charge on any atom is 0.255 e. The fourth-order valence-electron chi connectivity index (χ4n) is 2.73. The molecule has 2 amide bonds. The topological polar surface area (TPSA) is 49.4 Å². The van der Waals surface area contributed by atoms with Crippen LogP contribution in [-0.2, 0) is 10.2 Å². The predicted octanol–water partition coefficient (Wildman–Crippen LogP) is 4.88. The summed E-state index contributed by atoms with van der Waals surface area (Å²) >= 11 is 6.27. The molecule has 0 aliphatic heterocycles. The number of carbonyl (C=O) groups excluding carboxylic acids is 2. The van der Waals surface area contributed by atoms with Gasteiger partial charge in [0.15, 0.2) is 0 Å². The van der Waals surface area contributed by atoms with Gasteiger partial charge in [-0.25, -0.2) is 4.39 Å². The molecule has 2 aromatic rings. The fraction of sp³-hybridized carbons (Fsp3) is 0.333. The van der Waals surface area contributed by atoms with Crippen LogP contribution in [0.5, 0.6) is 0 Å². The van der Waals surface area contributed by atoms with Crippen LogP contribution >= 0.6 is 11.6 Å². The number of anilines is 1. The monoisotopic (exact) mass is 390 g/mol. The van der Waals surface area contributed by atoms with Gasteiger partial charge in [0.2, 0.25) is 5.91 Å². The quantitative estimate of drug-likeness (QED) is 0.764. The first kappa shape index (κ1) is 20.9. The highest BCUT2D eigenvalue weighted by molar-refractivity contribution is 6.34. The van der Waals surface area contributed by atoms with Gasteiger partial charge < -0.3 is 10.2 Å². The molecule has 0 radical (unpaired) electrons. The zero-order chi connectivity index (χ0) is 20.2. The van der Waals surface area contributed by atoms with Crippen LogP contribution < -0.4 is 5.32 Å². The SMILES string of the molecule is CCN(CC)C(=O)c1ccc(NC(=O)C(C)(C)c2ccc(F)cc2)cc1Cl. The van der Waals surface area contributed by atoms with E-state index in [-0.39, 0.29) is 22.7 Å². The first-order chi connectivity index (χ1) is 12.7. The van der Waals surface area contributed by atoms with Gasteiger partial charge >= 0.3 is 0 Å². The van der Waals surface area contributed by atoms with Crippen LogP contribution in [0.2, 0.25) is 5.02 Å². The molecule has 27 heavy (non-hydrogen) atoms. The first-order valence-electron chi connectivity index (χ1n) is 8.87. The summed E-state index contributed by atoms with van der Waals surface area (Å²) in [7, 11) is 0. The van der Waals surface area contributed by atoms with E-state index >= 15 is 0 Å². The maximum atomic E-state index is 13.1. The molecule has 0 bridgehead atoms. The van der Waals surface area contributed by atoms with Gasteiger partial charge in [0, 0.05) is 18.8 Å². The molecule has 0 saturated carbocycles. The minimum absolute atomic E-state index is 0.144. The van der Waals surface area contributed by atoms with E-state index in [2.05, 4.69) is 5.32 Å². The van der Waals surface area contributed by atoms with E-state index in [9.17, 15) is 14.0 Å². The molecule has 0 aliphatic rings. The van der Waals surface area contributed by atoms with Gasteiger partial charge in [0.05, 0.1) is 16.0 Å². The molecule has 0 fully saturated rings. The number of halogens is 2. The van der Waals surface area contributed by atoms with Crippen LogP contribution in [0.3, 0.4) is 0 Å². The summed E-state index contributed by atoms with van der Waals surface area (Å²) < 4.78 is 13.1. The standard InChI is InChI=1S/C21H24ClFN2O2/c1-5-25(6-2)19(26)17-12-11-16(13-18(17)22)24-20(27)21(3,4)14-7-9-15(23)10-8-14/h7-13H,5-6H2,1-4H3,(H,24,27). The van der Waals surface area contributed by atoms with Gasteiger partial charge in [-0.05, 0) is 63.6 Å². The predicted molar refractivity (Wildman–Crippen MR) is 107 cm³/mol. The number of hydrogen-bond acceptors (Lipinski definition) is 2. The lowest BCUT2D eigenvalue weighted by molar-refractivity contribution is -0.120. The minimum Gasteiger partial charge on any atom is -0.339 e. The van der Waals surface area contributed by atoms with E-state index in [1.54, 1.807) is 49.1 Å². The number of hydrogen-bond donors (Lipinski definition) is 1. The van der Waals surface area contributed by atoms with Crippen molar-refractivity contribution in [3.05, 3.63) is 64.4 Å². The first-order valence-corrected chi connectivity index (χ1v) is 9.24. The summed E-state index contributed by atoms with van der Waals surface area (Å²) in [4.78, 5) is 26.9. The average molecular weight is 391 g/mol. The molecule has 2 rings (SSSR count). The van der Waals surface area contributed by atoms with Crippen molar-refractivity contribution >= 4 is 29.1 Å². The van der Waals surface area contributed by atoms with Crippen molar-refractivity contribution in [3.8, 4) is 0 Å². The second kappa shape index (κ2) is 8.53.